The molecule has 0 saturated heterocycles. The van der Waals surface area contributed by atoms with Crippen LogP contribution in [0.2, 0.25) is 0 Å². The van der Waals surface area contributed by atoms with Crippen LogP contribution < -0.4 is 10.6 Å². The van der Waals surface area contributed by atoms with Gasteiger partial charge in [0.2, 0.25) is 5.91 Å². The van der Waals surface area contributed by atoms with Gasteiger partial charge in [-0.3, -0.25) is 4.79 Å². The Labute approximate surface area is 181 Å². The summed E-state index contributed by atoms with van der Waals surface area (Å²) in [5.41, 5.74) is 4.46. The molecule has 164 valence electrons. The number of rotatable bonds is 9. The summed E-state index contributed by atoms with van der Waals surface area (Å²) < 4.78 is 5.43. The summed E-state index contributed by atoms with van der Waals surface area (Å²) in [5.74, 6) is -1.72. The van der Waals surface area contributed by atoms with Gasteiger partial charge in [-0.1, -0.05) is 68.3 Å². The fourth-order valence-corrected chi connectivity index (χ4v) is 3.84. The van der Waals surface area contributed by atoms with Crippen molar-refractivity contribution in [3.05, 3.63) is 59.7 Å². The molecule has 2 amide bonds. The fraction of sp³-hybridized carbons (Fsp3) is 0.375. The van der Waals surface area contributed by atoms with E-state index < -0.39 is 30.1 Å². The minimum Gasteiger partial charge on any atom is -0.480 e. The fourth-order valence-electron chi connectivity index (χ4n) is 3.84. The molecule has 0 aliphatic heterocycles. The van der Waals surface area contributed by atoms with Crippen molar-refractivity contribution in [3.8, 4) is 11.1 Å². The van der Waals surface area contributed by atoms with Crippen molar-refractivity contribution in [2.24, 2.45) is 0 Å². The number of carboxylic acid groups (broad SMARTS) is 1. The van der Waals surface area contributed by atoms with Gasteiger partial charge in [0.05, 0.1) is 0 Å². The van der Waals surface area contributed by atoms with Crippen LogP contribution in [0.25, 0.3) is 11.1 Å². The zero-order chi connectivity index (χ0) is 22.4. The molecule has 0 aromatic heterocycles. The van der Waals surface area contributed by atoms with Gasteiger partial charge in [-0.15, -0.1) is 0 Å². The average Bonchev–Trinajstić information content (AvgIpc) is 3.08. The molecule has 2 atom stereocenters. The van der Waals surface area contributed by atoms with E-state index in [1.807, 2.05) is 43.3 Å². The molecule has 31 heavy (non-hydrogen) atoms. The van der Waals surface area contributed by atoms with Gasteiger partial charge in [0.1, 0.15) is 18.7 Å². The highest BCUT2D eigenvalue weighted by molar-refractivity contribution is 5.89. The number of fused-ring (bicyclic) bond motifs is 3. The van der Waals surface area contributed by atoms with Crippen LogP contribution in [-0.4, -0.2) is 41.8 Å². The van der Waals surface area contributed by atoms with E-state index in [1.54, 1.807) is 0 Å². The quantitative estimate of drug-likeness (QED) is 0.570. The van der Waals surface area contributed by atoms with Crippen molar-refractivity contribution in [1.82, 2.24) is 10.6 Å². The molecular weight excluding hydrogens is 396 g/mol. The molecule has 1 aliphatic rings. The molecule has 0 radical (unpaired) electrons. The van der Waals surface area contributed by atoms with Crippen molar-refractivity contribution in [3.63, 3.8) is 0 Å². The maximum Gasteiger partial charge on any atom is 0.407 e. The summed E-state index contributed by atoms with van der Waals surface area (Å²) in [4.78, 5) is 35.9. The van der Waals surface area contributed by atoms with Crippen LogP contribution in [0.4, 0.5) is 4.79 Å². The maximum atomic E-state index is 12.3. The molecule has 3 rings (SSSR count). The second-order valence-electron chi connectivity index (χ2n) is 7.73. The molecular formula is C24H28N2O5. The highest BCUT2D eigenvalue weighted by atomic mass is 16.5. The lowest BCUT2D eigenvalue weighted by molar-refractivity contribution is -0.142. The summed E-state index contributed by atoms with van der Waals surface area (Å²) in [7, 11) is 0. The number of amides is 2. The lowest BCUT2D eigenvalue weighted by Gasteiger charge is -2.19. The number of carbonyl (C=O) groups is 3. The number of carboxylic acids is 1. The summed E-state index contributed by atoms with van der Waals surface area (Å²) in [6.07, 6.45) is 1.14. The number of carbonyl (C=O) groups excluding carboxylic acids is 2. The van der Waals surface area contributed by atoms with Crippen LogP contribution in [-0.2, 0) is 14.3 Å². The van der Waals surface area contributed by atoms with Gasteiger partial charge in [0.25, 0.3) is 0 Å². The van der Waals surface area contributed by atoms with E-state index in [4.69, 9.17) is 4.74 Å². The van der Waals surface area contributed by atoms with Gasteiger partial charge in [-0.2, -0.15) is 0 Å². The first kappa shape index (κ1) is 22.3. The van der Waals surface area contributed by atoms with Crippen molar-refractivity contribution in [2.45, 2.75) is 51.1 Å². The van der Waals surface area contributed by atoms with Crippen molar-refractivity contribution in [1.29, 1.82) is 0 Å². The number of nitrogens with one attached hydrogen (secondary N) is 2. The Bertz CT molecular complexity index is 913. The van der Waals surface area contributed by atoms with Gasteiger partial charge in [-0.05, 0) is 35.6 Å². The predicted molar refractivity (Wildman–Crippen MR) is 117 cm³/mol. The van der Waals surface area contributed by atoms with Crippen LogP contribution in [0.15, 0.2) is 48.5 Å². The van der Waals surface area contributed by atoms with Crippen LogP contribution in [0.3, 0.4) is 0 Å². The normalized spacial score (nSPS) is 14.1. The molecule has 7 nitrogen and oxygen atoms in total. The van der Waals surface area contributed by atoms with Gasteiger partial charge in [0.15, 0.2) is 0 Å². The zero-order valence-electron chi connectivity index (χ0n) is 17.8. The first-order valence-electron chi connectivity index (χ1n) is 10.6. The zero-order valence-corrected chi connectivity index (χ0v) is 17.8. The number of aliphatic carboxylic acids is 1. The van der Waals surface area contributed by atoms with Crippen LogP contribution in [0.1, 0.15) is 50.2 Å². The SMILES string of the molecule is CCCC[C@H](NC(=O)[C@@H](C)NC(=O)OCC1c2ccccc2-c2ccccc21)C(=O)O. The average molecular weight is 424 g/mol. The molecule has 2 aromatic rings. The van der Waals surface area contributed by atoms with Crippen molar-refractivity contribution >= 4 is 18.0 Å². The summed E-state index contributed by atoms with van der Waals surface area (Å²) in [6, 6.07) is 14.2. The molecule has 2 aromatic carbocycles. The number of benzene rings is 2. The molecule has 0 unspecified atom stereocenters. The van der Waals surface area contributed by atoms with E-state index in [-0.39, 0.29) is 12.5 Å². The lowest BCUT2D eigenvalue weighted by atomic mass is 9.98. The van der Waals surface area contributed by atoms with E-state index in [2.05, 4.69) is 22.8 Å². The standard InChI is InChI=1S/C24H28N2O5/c1-3-4-13-21(23(28)29)26-22(27)15(2)25-24(30)31-14-20-18-11-7-5-9-16(18)17-10-6-8-12-19(17)20/h5-12,15,20-21H,3-4,13-14H2,1-2H3,(H,25,30)(H,26,27)(H,28,29)/t15-,21+/m1/s1. The number of alkyl carbamates (subject to hydrolysis) is 1. The summed E-state index contributed by atoms with van der Waals surface area (Å²) in [6.45, 7) is 3.58. The van der Waals surface area contributed by atoms with Crippen LogP contribution >= 0.6 is 0 Å². The topological polar surface area (TPSA) is 105 Å². The highest BCUT2D eigenvalue weighted by Gasteiger charge is 2.29. The first-order valence-corrected chi connectivity index (χ1v) is 10.6. The third-order valence-corrected chi connectivity index (χ3v) is 5.53. The summed E-state index contributed by atoms with van der Waals surface area (Å²) in [5, 5.41) is 14.2. The smallest absolute Gasteiger partial charge is 0.407 e. The third kappa shape index (κ3) is 5.23. The molecule has 0 saturated carbocycles. The monoisotopic (exact) mass is 424 g/mol. The highest BCUT2D eigenvalue weighted by Crippen LogP contribution is 2.44. The van der Waals surface area contributed by atoms with Gasteiger partial charge < -0.3 is 20.5 Å². The lowest BCUT2D eigenvalue weighted by Crippen LogP contribution is -2.50. The third-order valence-electron chi connectivity index (χ3n) is 5.53. The van der Waals surface area contributed by atoms with Crippen LogP contribution in [0, 0.1) is 0 Å². The van der Waals surface area contributed by atoms with E-state index in [1.165, 1.54) is 6.92 Å². The minimum absolute atomic E-state index is 0.0762. The number of ether oxygens (including phenoxy) is 1. The Morgan fingerprint density at radius 2 is 1.58 bits per heavy atom. The molecule has 0 bridgehead atoms. The Morgan fingerprint density at radius 1 is 1.00 bits per heavy atom. The maximum absolute atomic E-state index is 12.3. The molecule has 3 N–H and O–H groups in total. The van der Waals surface area contributed by atoms with E-state index >= 15 is 0 Å². The molecule has 0 heterocycles. The van der Waals surface area contributed by atoms with Crippen molar-refractivity contribution in [2.75, 3.05) is 6.61 Å². The summed E-state index contributed by atoms with van der Waals surface area (Å²) >= 11 is 0. The molecule has 0 spiro atoms. The van der Waals surface area contributed by atoms with Crippen molar-refractivity contribution < 1.29 is 24.2 Å². The Kier molecular flexibility index (Phi) is 7.28. The largest absolute Gasteiger partial charge is 0.480 e. The second-order valence-corrected chi connectivity index (χ2v) is 7.73. The van der Waals surface area contributed by atoms with Gasteiger partial charge in [-0.25, -0.2) is 9.59 Å². The number of hydrogen-bond acceptors (Lipinski definition) is 4. The molecule has 0 fully saturated rings. The van der Waals surface area contributed by atoms with E-state index in [0.29, 0.717) is 12.8 Å². The Hall–Kier alpha value is -3.35. The van der Waals surface area contributed by atoms with E-state index in [9.17, 15) is 19.5 Å². The Morgan fingerprint density at radius 3 is 2.13 bits per heavy atom. The van der Waals surface area contributed by atoms with Gasteiger partial charge >= 0.3 is 12.1 Å². The number of hydrogen-bond donors (Lipinski definition) is 3. The predicted octanol–water partition coefficient (Wildman–Crippen LogP) is 3.67. The Balaban J connectivity index is 1.57. The molecule has 1 aliphatic carbocycles. The first-order chi connectivity index (χ1) is 14.9. The van der Waals surface area contributed by atoms with Gasteiger partial charge in [0, 0.05) is 5.92 Å². The second kappa shape index (κ2) is 10.1. The molecule has 7 heteroatoms. The van der Waals surface area contributed by atoms with Crippen LogP contribution in [0.5, 0.6) is 0 Å². The van der Waals surface area contributed by atoms with E-state index in [0.717, 1.165) is 28.7 Å². The minimum atomic E-state index is -1.09. The number of unbranched alkanes of at least 4 members (excludes halogenated alkanes) is 1.